The van der Waals surface area contributed by atoms with E-state index in [1.54, 1.807) is 13.0 Å². The Balaban J connectivity index is 1.42. The van der Waals surface area contributed by atoms with Crippen LogP contribution in [0.1, 0.15) is 45.7 Å². The second-order valence-corrected chi connectivity index (χ2v) is 8.06. The molecule has 29 heavy (non-hydrogen) atoms. The molecule has 158 valence electrons. The summed E-state index contributed by atoms with van der Waals surface area (Å²) < 4.78 is 11.1. The third kappa shape index (κ3) is 5.40. The van der Waals surface area contributed by atoms with Crippen LogP contribution in [-0.2, 0) is 0 Å². The first kappa shape index (κ1) is 21.4. The zero-order valence-corrected chi connectivity index (χ0v) is 17.8. The Hall–Kier alpha value is -2.31. The number of carbonyl (C=O) groups is 1. The van der Waals surface area contributed by atoms with Crippen molar-refractivity contribution in [2.45, 2.75) is 52.7 Å². The van der Waals surface area contributed by atoms with Gasteiger partial charge < -0.3 is 24.5 Å². The molecule has 1 saturated heterocycles. The third-order valence-electron chi connectivity index (χ3n) is 5.79. The van der Waals surface area contributed by atoms with E-state index in [1.165, 1.54) is 11.8 Å². The predicted octanol–water partition coefficient (Wildman–Crippen LogP) is 3.15. The monoisotopic (exact) mass is 400 g/mol. The van der Waals surface area contributed by atoms with Gasteiger partial charge >= 0.3 is 0 Å². The lowest BCUT2D eigenvalue weighted by molar-refractivity contribution is 0.0564. The lowest BCUT2D eigenvalue weighted by atomic mass is 10.0. The van der Waals surface area contributed by atoms with Crippen LogP contribution in [0.3, 0.4) is 0 Å². The van der Waals surface area contributed by atoms with Gasteiger partial charge in [-0.15, -0.1) is 0 Å². The van der Waals surface area contributed by atoms with Gasteiger partial charge in [-0.3, -0.25) is 4.79 Å². The van der Waals surface area contributed by atoms with Crippen molar-refractivity contribution in [1.29, 1.82) is 0 Å². The highest BCUT2D eigenvalue weighted by Gasteiger charge is 2.24. The number of furan rings is 1. The van der Waals surface area contributed by atoms with E-state index in [0.717, 1.165) is 42.8 Å². The van der Waals surface area contributed by atoms with Crippen molar-refractivity contribution in [3.05, 3.63) is 52.5 Å². The number of hydrogen-bond acceptors (Lipinski definition) is 5. The standard InChI is InChI=1S/C23H32N2O4/c1-15-5-6-16(2)22(17(15)3)29-14-20(26)13-25-10-7-19(8-11-25)24-23(27)21-9-12-28-18(21)4/h5-6,9,12,19-20,26H,7-8,10-11,13-14H2,1-4H3,(H,24,27). The van der Waals surface area contributed by atoms with Gasteiger partial charge in [0, 0.05) is 25.7 Å². The summed E-state index contributed by atoms with van der Waals surface area (Å²) >= 11 is 0. The number of aryl methyl sites for hydroxylation is 3. The summed E-state index contributed by atoms with van der Waals surface area (Å²) in [6.07, 6.45) is 2.73. The lowest BCUT2D eigenvalue weighted by Gasteiger charge is -2.33. The Morgan fingerprint density at radius 1 is 1.21 bits per heavy atom. The first-order valence-electron chi connectivity index (χ1n) is 10.3. The molecule has 1 aliphatic heterocycles. The van der Waals surface area contributed by atoms with Crippen molar-refractivity contribution < 1.29 is 19.1 Å². The van der Waals surface area contributed by atoms with Crippen LogP contribution in [0, 0.1) is 27.7 Å². The van der Waals surface area contributed by atoms with Crippen LogP contribution in [-0.4, -0.2) is 54.3 Å². The van der Waals surface area contributed by atoms with Gasteiger partial charge in [0.15, 0.2) is 0 Å². The third-order valence-corrected chi connectivity index (χ3v) is 5.79. The summed E-state index contributed by atoms with van der Waals surface area (Å²) in [5, 5.41) is 13.5. The molecule has 1 fully saturated rings. The van der Waals surface area contributed by atoms with Crippen LogP contribution in [0.2, 0.25) is 0 Å². The van der Waals surface area contributed by atoms with Crippen LogP contribution >= 0.6 is 0 Å². The Bertz CT molecular complexity index is 837. The van der Waals surface area contributed by atoms with Gasteiger partial charge in [-0.1, -0.05) is 12.1 Å². The summed E-state index contributed by atoms with van der Waals surface area (Å²) in [4.78, 5) is 14.5. The number of carbonyl (C=O) groups excluding carboxylic acids is 1. The van der Waals surface area contributed by atoms with E-state index in [2.05, 4.69) is 23.2 Å². The summed E-state index contributed by atoms with van der Waals surface area (Å²) in [6, 6.07) is 5.99. The molecule has 1 aromatic carbocycles. The van der Waals surface area contributed by atoms with Gasteiger partial charge in [0.2, 0.25) is 0 Å². The fourth-order valence-electron chi connectivity index (χ4n) is 3.82. The van der Waals surface area contributed by atoms with Crippen LogP contribution in [0.4, 0.5) is 0 Å². The molecule has 2 aromatic rings. The zero-order valence-electron chi connectivity index (χ0n) is 17.8. The maximum Gasteiger partial charge on any atom is 0.255 e. The lowest BCUT2D eigenvalue weighted by Crippen LogP contribution is -2.47. The molecule has 0 bridgehead atoms. The van der Waals surface area contributed by atoms with Crippen molar-refractivity contribution in [3.63, 3.8) is 0 Å². The number of piperidine rings is 1. The number of nitrogens with one attached hydrogen (secondary N) is 1. The van der Waals surface area contributed by atoms with E-state index < -0.39 is 6.10 Å². The Morgan fingerprint density at radius 2 is 1.90 bits per heavy atom. The maximum absolute atomic E-state index is 12.3. The van der Waals surface area contributed by atoms with Crippen molar-refractivity contribution in [2.24, 2.45) is 0 Å². The topological polar surface area (TPSA) is 74.9 Å². The number of aliphatic hydroxyl groups is 1. The molecule has 3 rings (SSSR count). The highest BCUT2D eigenvalue weighted by atomic mass is 16.5. The molecular weight excluding hydrogens is 368 g/mol. The molecule has 1 unspecified atom stereocenters. The zero-order chi connectivity index (χ0) is 21.0. The molecule has 1 amide bonds. The number of rotatable bonds is 7. The van der Waals surface area contributed by atoms with Gasteiger partial charge in [-0.25, -0.2) is 0 Å². The van der Waals surface area contributed by atoms with Crippen LogP contribution in [0.5, 0.6) is 5.75 Å². The number of hydrogen-bond donors (Lipinski definition) is 2. The molecule has 0 spiro atoms. The van der Waals surface area contributed by atoms with E-state index in [4.69, 9.17) is 9.15 Å². The molecule has 0 saturated carbocycles. The Kier molecular flexibility index (Phi) is 6.98. The minimum absolute atomic E-state index is 0.0768. The molecule has 2 N–H and O–H groups in total. The number of aliphatic hydroxyl groups excluding tert-OH is 1. The number of amides is 1. The average Bonchev–Trinajstić information content (AvgIpc) is 3.12. The predicted molar refractivity (Wildman–Crippen MR) is 113 cm³/mol. The molecule has 1 aromatic heterocycles. The van der Waals surface area contributed by atoms with E-state index in [-0.39, 0.29) is 18.6 Å². The molecule has 0 radical (unpaired) electrons. The summed E-state index contributed by atoms with van der Waals surface area (Å²) in [7, 11) is 0. The van der Waals surface area contributed by atoms with Gasteiger partial charge in [0.05, 0.1) is 11.8 Å². The van der Waals surface area contributed by atoms with Gasteiger partial charge in [0.1, 0.15) is 24.2 Å². The van der Waals surface area contributed by atoms with Gasteiger partial charge in [-0.2, -0.15) is 0 Å². The van der Waals surface area contributed by atoms with Crippen molar-refractivity contribution in [3.8, 4) is 5.75 Å². The SMILES string of the molecule is Cc1ccc(C)c(OCC(O)CN2CCC(NC(=O)c3ccoc3C)CC2)c1C. The highest BCUT2D eigenvalue weighted by Crippen LogP contribution is 2.26. The van der Waals surface area contributed by atoms with E-state index in [1.807, 2.05) is 19.9 Å². The fraction of sp³-hybridized carbons (Fsp3) is 0.522. The maximum atomic E-state index is 12.3. The number of likely N-dealkylation sites (tertiary alicyclic amines) is 1. The first-order valence-corrected chi connectivity index (χ1v) is 10.3. The van der Waals surface area contributed by atoms with Crippen LogP contribution in [0.15, 0.2) is 28.9 Å². The minimum atomic E-state index is -0.547. The van der Waals surface area contributed by atoms with Gasteiger partial charge in [-0.05, 0) is 63.3 Å². The summed E-state index contributed by atoms with van der Waals surface area (Å²) in [5.74, 6) is 1.44. The number of ether oxygens (including phenoxy) is 1. The molecule has 1 aliphatic rings. The Labute approximate surface area is 172 Å². The van der Waals surface area contributed by atoms with E-state index in [9.17, 15) is 9.90 Å². The fourth-order valence-corrected chi connectivity index (χ4v) is 3.82. The van der Waals surface area contributed by atoms with Crippen LogP contribution < -0.4 is 10.1 Å². The van der Waals surface area contributed by atoms with Crippen LogP contribution in [0.25, 0.3) is 0 Å². The molecule has 2 heterocycles. The number of nitrogens with zero attached hydrogens (tertiary/aromatic N) is 1. The second-order valence-electron chi connectivity index (χ2n) is 8.06. The average molecular weight is 401 g/mol. The smallest absolute Gasteiger partial charge is 0.255 e. The molecule has 6 heteroatoms. The number of benzene rings is 1. The normalized spacial score (nSPS) is 16.6. The Morgan fingerprint density at radius 3 is 2.55 bits per heavy atom. The summed E-state index contributed by atoms with van der Waals surface area (Å²) in [5.41, 5.74) is 4.00. The van der Waals surface area contributed by atoms with Gasteiger partial charge in [0.25, 0.3) is 5.91 Å². The molecule has 6 nitrogen and oxygen atoms in total. The molecule has 0 aliphatic carbocycles. The first-order chi connectivity index (χ1) is 13.8. The molecular formula is C23H32N2O4. The second kappa shape index (κ2) is 9.46. The summed E-state index contributed by atoms with van der Waals surface area (Å²) in [6.45, 7) is 10.5. The highest BCUT2D eigenvalue weighted by molar-refractivity contribution is 5.95. The molecule has 1 atom stereocenters. The minimum Gasteiger partial charge on any atom is -0.490 e. The van der Waals surface area contributed by atoms with Crippen molar-refractivity contribution in [1.82, 2.24) is 10.2 Å². The van der Waals surface area contributed by atoms with E-state index in [0.29, 0.717) is 17.9 Å². The van der Waals surface area contributed by atoms with E-state index >= 15 is 0 Å². The largest absolute Gasteiger partial charge is 0.490 e. The van der Waals surface area contributed by atoms with Crippen molar-refractivity contribution >= 4 is 5.91 Å². The number of β-amino-alcohol motifs (C(OH)–C–C–N with tert-alkyl or cyclic N) is 1. The quantitative estimate of drug-likeness (QED) is 0.747. The van der Waals surface area contributed by atoms with Crippen molar-refractivity contribution in [2.75, 3.05) is 26.2 Å².